The second-order valence-electron chi connectivity index (χ2n) is 10.0. The van der Waals surface area contributed by atoms with Crippen LogP contribution in [0.3, 0.4) is 0 Å². The molecule has 0 spiro atoms. The zero-order valence-electron chi connectivity index (χ0n) is 23.3. The number of amides is 2. The summed E-state index contributed by atoms with van der Waals surface area (Å²) < 4.78 is 0. The highest BCUT2D eigenvalue weighted by Crippen LogP contribution is 2.37. The first-order valence-corrected chi connectivity index (χ1v) is 14.4. The molecule has 0 unspecified atom stereocenters. The van der Waals surface area contributed by atoms with Gasteiger partial charge in [-0.3, -0.25) is 10.1 Å². The third kappa shape index (κ3) is 7.24. The average molecular weight is 578 g/mol. The molecular formula is C33H31N5O3S. The summed E-state index contributed by atoms with van der Waals surface area (Å²) >= 11 is 1.50. The van der Waals surface area contributed by atoms with Gasteiger partial charge >= 0.3 is 6.09 Å². The second-order valence-corrected chi connectivity index (χ2v) is 11.2. The summed E-state index contributed by atoms with van der Waals surface area (Å²) in [5.41, 5.74) is 4.92. The fourth-order valence-electron chi connectivity index (χ4n) is 4.44. The highest BCUT2D eigenvalue weighted by molar-refractivity contribution is 7.99. The van der Waals surface area contributed by atoms with Gasteiger partial charge in [-0.1, -0.05) is 62.0 Å². The molecule has 2 amide bonds. The average Bonchev–Trinajstić information content (AvgIpc) is 2.99. The largest absolute Gasteiger partial charge is 0.465 e. The van der Waals surface area contributed by atoms with Crippen LogP contribution in [-0.4, -0.2) is 33.6 Å². The highest BCUT2D eigenvalue weighted by Gasteiger charge is 2.14. The number of carboxylic acid groups (broad SMARTS) is 1. The van der Waals surface area contributed by atoms with E-state index in [1.807, 2.05) is 60.7 Å². The van der Waals surface area contributed by atoms with Crippen LogP contribution in [0.5, 0.6) is 0 Å². The van der Waals surface area contributed by atoms with Crippen molar-refractivity contribution < 1.29 is 14.7 Å². The van der Waals surface area contributed by atoms with Gasteiger partial charge in [0.05, 0.1) is 11.2 Å². The molecule has 0 aliphatic heterocycles. The molecule has 0 aliphatic carbocycles. The van der Waals surface area contributed by atoms with Crippen molar-refractivity contribution in [3.8, 4) is 0 Å². The monoisotopic (exact) mass is 577 g/mol. The maximum atomic E-state index is 13.1. The molecule has 42 heavy (non-hydrogen) atoms. The summed E-state index contributed by atoms with van der Waals surface area (Å²) in [4.78, 5) is 34.9. The number of anilines is 3. The van der Waals surface area contributed by atoms with Gasteiger partial charge in [0, 0.05) is 33.0 Å². The molecule has 1 heterocycles. The summed E-state index contributed by atoms with van der Waals surface area (Å²) in [6.45, 7) is 4.81. The third-order valence-electron chi connectivity index (χ3n) is 6.70. The number of hydrogen-bond acceptors (Lipinski definition) is 6. The summed E-state index contributed by atoms with van der Waals surface area (Å²) in [6.07, 6.45) is 1.16. The number of carbonyl (C=O) groups excluding carboxylic acids is 1. The molecule has 4 N–H and O–H groups in total. The number of nitrogens with one attached hydrogen (secondary N) is 3. The molecule has 5 aromatic rings. The Morgan fingerprint density at radius 3 is 2.43 bits per heavy atom. The zero-order valence-corrected chi connectivity index (χ0v) is 24.1. The fourth-order valence-corrected chi connectivity index (χ4v) is 5.32. The van der Waals surface area contributed by atoms with Gasteiger partial charge in [0.15, 0.2) is 0 Å². The number of nitrogens with zero attached hydrogens (tertiary/aromatic N) is 2. The smallest absolute Gasteiger partial charge is 0.409 e. The first kappa shape index (κ1) is 28.6. The topological polar surface area (TPSA) is 116 Å². The van der Waals surface area contributed by atoms with E-state index in [9.17, 15) is 9.59 Å². The van der Waals surface area contributed by atoms with Crippen LogP contribution in [0, 0.1) is 0 Å². The lowest BCUT2D eigenvalue weighted by Gasteiger charge is -2.15. The second kappa shape index (κ2) is 13.2. The first-order valence-electron chi connectivity index (χ1n) is 13.6. The van der Waals surface area contributed by atoms with Gasteiger partial charge in [0.2, 0.25) is 0 Å². The summed E-state index contributed by atoms with van der Waals surface area (Å²) in [6, 6.07) is 28.9. The van der Waals surface area contributed by atoms with Crippen LogP contribution in [0.4, 0.5) is 22.0 Å². The first-order chi connectivity index (χ1) is 20.4. The summed E-state index contributed by atoms with van der Waals surface area (Å²) in [7, 11) is 0. The number of hydrogen-bond donors (Lipinski definition) is 4. The Balaban J connectivity index is 1.43. The van der Waals surface area contributed by atoms with Gasteiger partial charge in [-0.2, -0.15) is 0 Å². The van der Waals surface area contributed by atoms with Crippen molar-refractivity contribution in [3.05, 3.63) is 114 Å². The Kier molecular flexibility index (Phi) is 8.99. The van der Waals surface area contributed by atoms with Crippen molar-refractivity contribution in [2.75, 3.05) is 17.2 Å². The lowest BCUT2D eigenvalue weighted by molar-refractivity contribution is 0.0954. The minimum Gasteiger partial charge on any atom is -0.465 e. The molecule has 8 nitrogen and oxygen atoms in total. The molecule has 9 heteroatoms. The van der Waals surface area contributed by atoms with E-state index in [0.717, 1.165) is 38.4 Å². The molecule has 212 valence electrons. The lowest BCUT2D eigenvalue weighted by Crippen LogP contribution is -2.25. The molecule has 1 aromatic heterocycles. The number of fused-ring (bicyclic) bond motifs is 1. The molecule has 0 fully saturated rings. The Labute approximate surface area is 248 Å². The molecule has 0 aliphatic rings. The maximum Gasteiger partial charge on any atom is 0.409 e. The third-order valence-corrected chi connectivity index (χ3v) is 7.78. The lowest BCUT2D eigenvalue weighted by atomic mass is 10.0. The Morgan fingerprint density at radius 2 is 1.69 bits per heavy atom. The number of aromatic nitrogens is 2. The van der Waals surface area contributed by atoms with Gasteiger partial charge in [-0.05, 0) is 78.1 Å². The van der Waals surface area contributed by atoms with Crippen molar-refractivity contribution in [2.24, 2.45) is 0 Å². The van der Waals surface area contributed by atoms with Gasteiger partial charge in [0.25, 0.3) is 5.91 Å². The van der Waals surface area contributed by atoms with E-state index in [2.05, 4.69) is 51.9 Å². The van der Waals surface area contributed by atoms with Gasteiger partial charge in [-0.25, -0.2) is 14.8 Å². The maximum absolute atomic E-state index is 13.1. The number of carbonyl (C=O) groups is 2. The van der Waals surface area contributed by atoms with E-state index in [0.29, 0.717) is 29.5 Å². The molecule has 0 atom stereocenters. The van der Waals surface area contributed by atoms with Gasteiger partial charge < -0.3 is 15.7 Å². The predicted octanol–water partition coefficient (Wildman–Crippen LogP) is 7.71. The van der Waals surface area contributed by atoms with Crippen LogP contribution in [0.25, 0.3) is 10.9 Å². The normalized spacial score (nSPS) is 10.9. The van der Waals surface area contributed by atoms with E-state index in [1.54, 1.807) is 18.2 Å². The SMILES string of the molecule is CC(C)c1ccc2c(Nc3cc(C(=O)NCCc4ccccc4)ccc3Sc3ccc(NC(=O)O)cc3)ncnc2c1. The summed E-state index contributed by atoms with van der Waals surface area (Å²) in [5.74, 6) is 0.849. The minimum atomic E-state index is -1.11. The molecule has 5 rings (SSSR count). The molecule has 0 saturated heterocycles. The van der Waals surface area contributed by atoms with Crippen LogP contribution < -0.4 is 16.0 Å². The fraction of sp³-hybridized carbons (Fsp3) is 0.152. The van der Waals surface area contributed by atoms with Gasteiger partial charge in [0.1, 0.15) is 12.1 Å². The summed E-state index contributed by atoms with van der Waals surface area (Å²) in [5, 5.41) is 18.7. The molecule has 0 radical (unpaired) electrons. The number of benzene rings is 4. The number of rotatable bonds is 10. The highest BCUT2D eigenvalue weighted by atomic mass is 32.2. The molecule has 0 saturated carbocycles. The van der Waals surface area contributed by atoms with E-state index in [-0.39, 0.29) is 5.91 Å². The van der Waals surface area contributed by atoms with E-state index in [4.69, 9.17) is 5.11 Å². The van der Waals surface area contributed by atoms with E-state index < -0.39 is 6.09 Å². The van der Waals surface area contributed by atoms with Crippen LogP contribution in [0.2, 0.25) is 0 Å². The van der Waals surface area contributed by atoms with Gasteiger partial charge in [-0.15, -0.1) is 0 Å². The van der Waals surface area contributed by atoms with Crippen LogP contribution in [0.1, 0.15) is 41.3 Å². The van der Waals surface area contributed by atoms with Crippen LogP contribution >= 0.6 is 11.8 Å². The Bertz CT molecular complexity index is 1710. The standard InChI is InChI=1S/C33H31N5O3S/c1-21(2)23-8-14-27-28(18-23)35-20-36-31(27)38-29-19-24(32(39)34-17-16-22-6-4-3-5-7-22)9-15-30(29)42-26-12-10-25(11-13-26)37-33(40)41/h3-15,18-21,37H,16-17H2,1-2H3,(H,34,39)(H,40,41)(H,35,36,38). The predicted molar refractivity (Wildman–Crippen MR) is 168 cm³/mol. The van der Waals surface area contributed by atoms with Crippen molar-refractivity contribution in [1.29, 1.82) is 0 Å². The van der Waals surface area contributed by atoms with Crippen molar-refractivity contribution in [3.63, 3.8) is 0 Å². The Hall–Kier alpha value is -4.89. The Morgan fingerprint density at radius 1 is 0.905 bits per heavy atom. The minimum absolute atomic E-state index is 0.163. The molecule has 4 aromatic carbocycles. The zero-order chi connectivity index (χ0) is 29.5. The van der Waals surface area contributed by atoms with Crippen molar-refractivity contribution in [2.45, 2.75) is 36.0 Å². The van der Waals surface area contributed by atoms with Crippen LogP contribution in [0.15, 0.2) is 107 Å². The van der Waals surface area contributed by atoms with Crippen molar-refractivity contribution in [1.82, 2.24) is 15.3 Å². The van der Waals surface area contributed by atoms with E-state index >= 15 is 0 Å². The molecular weight excluding hydrogens is 546 g/mol. The van der Waals surface area contributed by atoms with Crippen molar-refractivity contribution >= 4 is 51.9 Å². The van der Waals surface area contributed by atoms with Crippen LogP contribution in [-0.2, 0) is 6.42 Å². The van der Waals surface area contributed by atoms with E-state index in [1.165, 1.54) is 23.7 Å². The molecule has 0 bridgehead atoms. The quantitative estimate of drug-likeness (QED) is 0.134.